The number of hydrogen-bond donors (Lipinski definition) is 1. The highest BCUT2D eigenvalue weighted by atomic mass is 32.2. The number of alkyl halides is 6. The van der Waals surface area contributed by atoms with Gasteiger partial charge in [0.1, 0.15) is 0 Å². The first kappa shape index (κ1) is 23.0. The van der Waals surface area contributed by atoms with Gasteiger partial charge in [0.15, 0.2) is 0 Å². The molecule has 3 aromatic carbocycles. The van der Waals surface area contributed by atoms with E-state index in [1.54, 1.807) is 17.4 Å². The highest BCUT2D eigenvalue weighted by Crippen LogP contribution is 2.41. The van der Waals surface area contributed by atoms with Crippen molar-refractivity contribution < 1.29 is 39.3 Å². The second kappa shape index (κ2) is 8.13. The van der Waals surface area contributed by atoms with E-state index < -0.39 is 27.4 Å². The Labute approximate surface area is 176 Å². The first-order valence-electron chi connectivity index (χ1n) is 8.40. The third-order valence-corrected chi connectivity index (χ3v) is 5.92. The number of halogens is 6. The molecule has 0 spiro atoms. The van der Waals surface area contributed by atoms with Gasteiger partial charge in [0, 0.05) is 20.2 Å². The Morgan fingerprint density at radius 2 is 1.35 bits per heavy atom. The Morgan fingerprint density at radius 3 is 1.97 bits per heavy atom. The molecule has 0 atom stereocenters. The maximum atomic E-state index is 13.0. The Hall–Kier alpha value is -2.63. The maximum absolute atomic E-state index is 13.0. The molecule has 3 nitrogen and oxygen atoms in total. The van der Waals surface area contributed by atoms with Crippen molar-refractivity contribution in [3.8, 4) is 11.1 Å². The van der Waals surface area contributed by atoms with Gasteiger partial charge in [-0.15, -0.1) is 11.3 Å². The quantitative estimate of drug-likeness (QED) is 0.180. The molecule has 1 aromatic heterocycles. The van der Waals surface area contributed by atoms with Gasteiger partial charge in [0.2, 0.25) is 0 Å². The predicted molar refractivity (Wildman–Crippen MR) is 107 cm³/mol. The van der Waals surface area contributed by atoms with Gasteiger partial charge in [0.25, 0.3) is 0 Å². The van der Waals surface area contributed by atoms with Gasteiger partial charge in [-0.3, -0.25) is 4.55 Å². The lowest BCUT2D eigenvalue weighted by atomic mass is 9.98. The number of thiophene rings is 1. The standard InChI is InChI=1S/C19H11F3S.CHF3O3S/c20-19(21,22)13-6-3-5-12(11-13)14-8-4-10-17-18(14)15-7-1-2-9-16(15)23-17;2-1(3,4)8(5,6)7/h1-11H;(H,5,6,7). The molecular weight excluding hydrogens is 466 g/mol. The summed E-state index contributed by atoms with van der Waals surface area (Å²) in [5.41, 5.74) is -4.72. The van der Waals surface area contributed by atoms with Crippen molar-refractivity contribution in [2.45, 2.75) is 11.7 Å². The average molecular weight is 478 g/mol. The molecule has 0 radical (unpaired) electrons. The fourth-order valence-electron chi connectivity index (χ4n) is 2.88. The molecule has 0 bridgehead atoms. The van der Waals surface area contributed by atoms with Gasteiger partial charge in [-0.1, -0.05) is 42.5 Å². The summed E-state index contributed by atoms with van der Waals surface area (Å²) in [7, 11) is -5.84. The van der Waals surface area contributed by atoms with Gasteiger partial charge >= 0.3 is 21.8 Å². The van der Waals surface area contributed by atoms with Crippen LogP contribution in [0, 0.1) is 0 Å². The summed E-state index contributed by atoms with van der Waals surface area (Å²) in [6.07, 6.45) is -4.33. The van der Waals surface area contributed by atoms with Crippen molar-refractivity contribution in [1.82, 2.24) is 0 Å². The predicted octanol–water partition coefficient (Wildman–Crippen LogP) is 7.13. The van der Waals surface area contributed by atoms with E-state index in [4.69, 9.17) is 13.0 Å². The Balaban J connectivity index is 0.000000293. The van der Waals surface area contributed by atoms with Gasteiger partial charge < -0.3 is 0 Å². The summed E-state index contributed by atoms with van der Waals surface area (Å²) < 4.78 is 98.7. The molecule has 0 saturated carbocycles. The van der Waals surface area contributed by atoms with Gasteiger partial charge in [-0.2, -0.15) is 34.8 Å². The summed E-state index contributed by atoms with van der Waals surface area (Å²) in [6, 6.07) is 19.3. The van der Waals surface area contributed by atoms with Crippen molar-refractivity contribution in [1.29, 1.82) is 0 Å². The Bertz CT molecular complexity index is 1340. The van der Waals surface area contributed by atoms with Crippen LogP contribution in [0.3, 0.4) is 0 Å². The largest absolute Gasteiger partial charge is 0.522 e. The first-order chi connectivity index (χ1) is 14.3. The highest BCUT2D eigenvalue weighted by Gasteiger charge is 2.44. The lowest BCUT2D eigenvalue weighted by molar-refractivity contribution is -0.137. The average Bonchev–Trinajstić information content (AvgIpc) is 3.05. The minimum atomic E-state index is -5.84. The van der Waals surface area contributed by atoms with Crippen LogP contribution in [0.5, 0.6) is 0 Å². The van der Waals surface area contributed by atoms with E-state index >= 15 is 0 Å². The lowest BCUT2D eigenvalue weighted by Crippen LogP contribution is -2.21. The number of benzene rings is 3. The molecule has 4 rings (SSSR count). The number of fused-ring (bicyclic) bond motifs is 3. The van der Waals surface area contributed by atoms with Crippen molar-refractivity contribution in [3.63, 3.8) is 0 Å². The van der Waals surface area contributed by atoms with E-state index in [2.05, 4.69) is 0 Å². The molecule has 31 heavy (non-hydrogen) atoms. The molecule has 4 aromatic rings. The number of hydrogen-bond acceptors (Lipinski definition) is 3. The van der Waals surface area contributed by atoms with Gasteiger partial charge in [-0.05, 0) is 35.4 Å². The molecule has 0 aliphatic rings. The second-order valence-corrected chi connectivity index (χ2v) is 8.77. The minimum Gasteiger partial charge on any atom is -0.279 e. The fourth-order valence-corrected chi connectivity index (χ4v) is 4.01. The number of rotatable bonds is 1. The summed E-state index contributed by atoms with van der Waals surface area (Å²) in [4.78, 5) is 0. The molecular formula is C20H12F6O3S2. The van der Waals surface area contributed by atoms with Crippen molar-refractivity contribution in [3.05, 3.63) is 72.3 Å². The van der Waals surface area contributed by atoms with Crippen LogP contribution in [0.25, 0.3) is 31.3 Å². The van der Waals surface area contributed by atoms with E-state index in [0.717, 1.165) is 31.8 Å². The van der Waals surface area contributed by atoms with Crippen LogP contribution in [0.2, 0.25) is 0 Å². The molecule has 0 saturated heterocycles. The van der Waals surface area contributed by atoms with Crippen molar-refractivity contribution in [2.75, 3.05) is 0 Å². The molecule has 0 aliphatic heterocycles. The van der Waals surface area contributed by atoms with Crippen LogP contribution in [0.4, 0.5) is 26.3 Å². The van der Waals surface area contributed by atoms with Gasteiger partial charge in [0.05, 0.1) is 5.56 Å². The van der Waals surface area contributed by atoms with Crippen molar-refractivity contribution in [2.24, 2.45) is 0 Å². The van der Waals surface area contributed by atoms with Crippen LogP contribution < -0.4 is 0 Å². The third kappa shape index (κ3) is 5.00. The zero-order valence-electron chi connectivity index (χ0n) is 15.2. The van der Waals surface area contributed by atoms with Crippen LogP contribution in [-0.2, 0) is 16.3 Å². The Morgan fingerprint density at radius 1 is 0.774 bits per heavy atom. The van der Waals surface area contributed by atoms with Crippen LogP contribution in [0.1, 0.15) is 5.56 Å². The molecule has 0 aliphatic carbocycles. The van der Waals surface area contributed by atoms with Crippen LogP contribution >= 0.6 is 11.3 Å². The first-order valence-corrected chi connectivity index (χ1v) is 10.7. The normalized spacial score (nSPS) is 12.6. The maximum Gasteiger partial charge on any atom is 0.522 e. The molecule has 1 N–H and O–H groups in total. The van der Waals surface area contributed by atoms with E-state index in [1.165, 1.54) is 12.1 Å². The topological polar surface area (TPSA) is 54.4 Å². The van der Waals surface area contributed by atoms with Crippen molar-refractivity contribution >= 4 is 41.6 Å². The summed E-state index contributed by atoms with van der Waals surface area (Å²) in [6.45, 7) is 0. The zero-order chi connectivity index (χ0) is 23.0. The molecule has 164 valence electrons. The Kier molecular flexibility index (Phi) is 6.05. The summed E-state index contributed by atoms with van der Waals surface area (Å²) >= 11 is 1.66. The molecule has 0 amide bonds. The lowest BCUT2D eigenvalue weighted by Gasteiger charge is -2.10. The highest BCUT2D eigenvalue weighted by molar-refractivity contribution is 7.86. The van der Waals surface area contributed by atoms with E-state index in [0.29, 0.717) is 5.56 Å². The SMILES string of the molecule is FC(F)(F)c1cccc(-c2cccc3sc4ccccc4c23)c1.O=S(=O)(O)C(F)(F)F. The van der Waals surface area contributed by atoms with E-state index in [9.17, 15) is 26.3 Å². The van der Waals surface area contributed by atoms with E-state index in [-0.39, 0.29) is 0 Å². The van der Waals surface area contributed by atoms with Crippen LogP contribution in [-0.4, -0.2) is 18.5 Å². The fraction of sp³-hybridized carbons (Fsp3) is 0.100. The molecule has 0 unspecified atom stereocenters. The zero-order valence-corrected chi connectivity index (χ0v) is 16.8. The third-order valence-electron chi connectivity index (χ3n) is 4.20. The van der Waals surface area contributed by atoms with Crippen LogP contribution in [0.15, 0.2) is 66.7 Å². The molecule has 1 heterocycles. The van der Waals surface area contributed by atoms with E-state index in [1.807, 2.05) is 42.5 Å². The summed E-state index contributed by atoms with van der Waals surface area (Å²) in [5, 5.41) is 2.10. The molecule has 11 heteroatoms. The monoisotopic (exact) mass is 478 g/mol. The summed E-state index contributed by atoms with van der Waals surface area (Å²) in [5.74, 6) is 0. The smallest absolute Gasteiger partial charge is 0.279 e. The molecule has 0 fully saturated rings. The van der Waals surface area contributed by atoms with Gasteiger partial charge in [-0.25, -0.2) is 0 Å². The minimum absolute atomic E-state index is 0.592. The second-order valence-electron chi connectivity index (χ2n) is 6.28.